The van der Waals surface area contributed by atoms with E-state index in [0.29, 0.717) is 6.54 Å². The van der Waals surface area contributed by atoms with Crippen molar-refractivity contribution in [3.8, 4) is 5.75 Å². The van der Waals surface area contributed by atoms with Gasteiger partial charge in [-0.05, 0) is 37.7 Å². The maximum atomic E-state index is 5.87. The number of hydrogen-bond acceptors (Lipinski definition) is 4. The largest absolute Gasteiger partial charge is 0.493 e. The van der Waals surface area contributed by atoms with Crippen LogP contribution in [-0.4, -0.2) is 45.3 Å². The summed E-state index contributed by atoms with van der Waals surface area (Å²) in [6, 6.07) is 8.58. The topological polar surface area (TPSA) is 67.6 Å². The number of halogens is 1. The molecule has 1 aromatic heterocycles. The number of para-hydroxylation sites is 1. The van der Waals surface area contributed by atoms with Crippen LogP contribution < -0.4 is 10.1 Å². The number of likely N-dealkylation sites (tertiary alicyclic amines) is 1. The van der Waals surface area contributed by atoms with Crippen molar-refractivity contribution in [1.29, 1.82) is 0 Å². The van der Waals surface area contributed by atoms with Crippen molar-refractivity contribution in [2.75, 3.05) is 19.7 Å². The van der Waals surface area contributed by atoms with Gasteiger partial charge in [0.1, 0.15) is 18.1 Å². The molecule has 8 heteroatoms. The van der Waals surface area contributed by atoms with E-state index in [1.54, 1.807) is 0 Å². The number of aliphatic imine (C=N–C) groups is 1. The Morgan fingerprint density at radius 2 is 1.87 bits per heavy atom. The first-order chi connectivity index (χ1) is 14.7. The lowest BCUT2D eigenvalue weighted by Crippen LogP contribution is -2.43. The van der Waals surface area contributed by atoms with Crippen molar-refractivity contribution in [2.24, 2.45) is 23.9 Å². The number of rotatable bonds is 3. The summed E-state index contributed by atoms with van der Waals surface area (Å²) in [5.41, 5.74) is 1.22. The van der Waals surface area contributed by atoms with Gasteiger partial charge in [0, 0.05) is 32.1 Å². The third kappa shape index (κ3) is 4.68. The van der Waals surface area contributed by atoms with Crippen LogP contribution >= 0.6 is 24.0 Å². The maximum absolute atomic E-state index is 5.87. The van der Waals surface area contributed by atoms with E-state index >= 15 is 0 Å². The molecule has 0 radical (unpaired) electrons. The van der Waals surface area contributed by atoms with Crippen LogP contribution in [0.2, 0.25) is 0 Å². The second-order valence-electron chi connectivity index (χ2n) is 8.94. The lowest BCUT2D eigenvalue weighted by molar-refractivity contribution is 0.259. The van der Waals surface area contributed by atoms with Crippen LogP contribution in [0.25, 0.3) is 0 Å². The van der Waals surface area contributed by atoms with E-state index in [1.807, 2.05) is 24.6 Å². The number of nitrogens with zero attached hydrogens (tertiary/aromatic N) is 5. The van der Waals surface area contributed by atoms with Gasteiger partial charge in [-0.3, -0.25) is 0 Å². The summed E-state index contributed by atoms with van der Waals surface area (Å²) in [6.45, 7) is 5.47. The Morgan fingerprint density at radius 1 is 1.13 bits per heavy atom. The number of fused-ring (bicyclic) bond motifs is 2. The molecule has 31 heavy (non-hydrogen) atoms. The smallest absolute Gasteiger partial charge is 0.194 e. The minimum atomic E-state index is 0. The summed E-state index contributed by atoms with van der Waals surface area (Å²) >= 11 is 0. The summed E-state index contributed by atoms with van der Waals surface area (Å²) in [7, 11) is 2.01. The zero-order valence-corrected chi connectivity index (χ0v) is 20.8. The average molecular weight is 536 g/mol. The van der Waals surface area contributed by atoms with Crippen molar-refractivity contribution >= 4 is 29.9 Å². The van der Waals surface area contributed by atoms with Gasteiger partial charge in [0.2, 0.25) is 0 Å². The summed E-state index contributed by atoms with van der Waals surface area (Å²) in [4.78, 5) is 7.53. The molecule has 1 aliphatic carbocycles. The first-order valence-corrected chi connectivity index (χ1v) is 11.3. The molecule has 2 aliphatic heterocycles. The minimum Gasteiger partial charge on any atom is -0.493 e. The molecule has 1 aromatic carbocycles. The first kappa shape index (κ1) is 22.4. The molecule has 1 saturated carbocycles. The van der Waals surface area contributed by atoms with Gasteiger partial charge in [-0.25, -0.2) is 4.99 Å². The van der Waals surface area contributed by atoms with Crippen LogP contribution in [0.1, 0.15) is 55.4 Å². The normalized spacial score (nSPS) is 25.3. The lowest BCUT2D eigenvalue weighted by atomic mass is 9.82. The van der Waals surface area contributed by atoms with Crippen molar-refractivity contribution < 1.29 is 4.74 Å². The third-order valence-corrected chi connectivity index (χ3v) is 7.09. The first-order valence-electron chi connectivity index (χ1n) is 11.3. The Hall–Kier alpha value is -1.84. The van der Waals surface area contributed by atoms with E-state index in [0.717, 1.165) is 61.3 Å². The number of ether oxygens (including phenoxy) is 1. The van der Waals surface area contributed by atoms with E-state index in [-0.39, 0.29) is 30.0 Å². The molecule has 0 spiro atoms. The van der Waals surface area contributed by atoms with E-state index < -0.39 is 0 Å². The Morgan fingerprint density at radius 3 is 2.58 bits per heavy atom. The Bertz CT molecular complexity index is 915. The van der Waals surface area contributed by atoms with Crippen molar-refractivity contribution in [1.82, 2.24) is 25.0 Å². The molecule has 3 atom stereocenters. The Balaban J connectivity index is 0.00000231. The molecule has 2 fully saturated rings. The SMILES string of the molecule is Cc1nnc(CN=C(NC2CCOc3ccccc32)N2CC3CCCCC3C2)n1C.I. The molecule has 3 aliphatic rings. The second-order valence-corrected chi connectivity index (χ2v) is 8.94. The fraction of sp³-hybridized carbons (Fsp3) is 0.609. The van der Waals surface area contributed by atoms with Gasteiger partial charge in [0.25, 0.3) is 0 Å². The highest BCUT2D eigenvalue weighted by Gasteiger charge is 2.36. The average Bonchev–Trinajstić information content (AvgIpc) is 3.35. The lowest BCUT2D eigenvalue weighted by Gasteiger charge is -2.31. The summed E-state index contributed by atoms with van der Waals surface area (Å²) < 4.78 is 7.89. The van der Waals surface area contributed by atoms with Gasteiger partial charge in [-0.15, -0.1) is 34.2 Å². The number of benzene rings is 1. The zero-order valence-electron chi connectivity index (χ0n) is 18.5. The highest BCUT2D eigenvalue weighted by molar-refractivity contribution is 14.0. The molecule has 5 rings (SSSR count). The molecule has 7 nitrogen and oxygen atoms in total. The number of guanidine groups is 1. The Labute approximate surface area is 201 Å². The summed E-state index contributed by atoms with van der Waals surface area (Å²) in [6.07, 6.45) is 6.41. The quantitative estimate of drug-likeness (QED) is 0.367. The molecular formula is C23H33IN6O. The van der Waals surface area contributed by atoms with Crippen LogP contribution in [0.3, 0.4) is 0 Å². The zero-order chi connectivity index (χ0) is 20.5. The number of nitrogens with one attached hydrogen (secondary N) is 1. The minimum absolute atomic E-state index is 0. The van der Waals surface area contributed by atoms with Gasteiger partial charge in [0.15, 0.2) is 11.8 Å². The number of aryl methyl sites for hydroxylation is 1. The molecule has 2 aromatic rings. The summed E-state index contributed by atoms with van der Waals surface area (Å²) in [5.74, 6) is 5.43. The van der Waals surface area contributed by atoms with Crippen molar-refractivity contribution in [2.45, 2.75) is 51.6 Å². The predicted molar refractivity (Wildman–Crippen MR) is 132 cm³/mol. The fourth-order valence-electron chi connectivity index (χ4n) is 5.20. The second kappa shape index (κ2) is 9.75. The number of hydrogen-bond donors (Lipinski definition) is 1. The summed E-state index contributed by atoms with van der Waals surface area (Å²) in [5, 5.41) is 12.3. The molecule has 0 amide bonds. The highest BCUT2D eigenvalue weighted by atomic mass is 127. The molecule has 168 valence electrons. The van der Waals surface area contributed by atoms with Gasteiger partial charge < -0.3 is 19.5 Å². The van der Waals surface area contributed by atoms with E-state index in [1.165, 1.54) is 31.2 Å². The van der Waals surface area contributed by atoms with Crippen LogP contribution in [-0.2, 0) is 13.6 Å². The van der Waals surface area contributed by atoms with E-state index in [4.69, 9.17) is 9.73 Å². The van der Waals surface area contributed by atoms with Crippen LogP contribution in [0, 0.1) is 18.8 Å². The van der Waals surface area contributed by atoms with Crippen LogP contribution in [0.4, 0.5) is 0 Å². The molecule has 1 N–H and O–H groups in total. The maximum Gasteiger partial charge on any atom is 0.194 e. The van der Waals surface area contributed by atoms with Crippen molar-refractivity contribution in [3.05, 3.63) is 41.5 Å². The fourth-order valence-corrected chi connectivity index (χ4v) is 5.20. The van der Waals surface area contributed by atoms with E-state index in [2.05, 4.69) is 38.6 Å². The molecule has 3 heterocycles. The van der Waals surface area contributed by atoms with Gasteiger partial charge >= 0.3 is 0 Å². The monoisotopic (exact) mass is 536 g/mol. The molecular weight excluding hydrogens is 503 g/mol. The van der Waals surface area contributed by atoms with Gasteiger partial charge in [-0.2, -0.15) is 0 Å². The van der Waals surface area contributed by atoms with Crippen LogP contribution in [0.15, 0.2) is 29.3 Å². The molecule has 1 saturated heterocycles. The highest BCUT2D eigenvalue weighted by Crippen LogP contribution is 2.37. The predicted octanol–water partition coefficient (Wildman–Crippen LogP) is 3.83. The third-order valence-electron chi connectivity index (χ3n) is 7.09. The Kier molecular flexibility index (Phi) is 7.03. The molecule has 3 unspecified atom stereocenters. The van der Waals surface area contributed by atoms with E-state index in [9.17, 15) is 0 Å². The van der Waals surface area contributed by atoms with Gasteiger partial charge in [-0.1, -0.05) is 31.0 Å². The molecule has 0 bridgehead atoms. The number of aromatic nitrogens is 3. The standard InChI is InChI=1S/C23H32N6O.HI/c1-16-26-27-22(28(16)2)13-24-23(29-14-17-7-3-4-8-18(17)15-29)25-20-11-12-30-21-10-6-5-9-19(20)21;/h5-6,9-10,17-18,20H,3-4,7-8,11-15H2,1-2H3,(H,24,25);1H. The van der Waals surface area contributed by atoms with Crippen LogP contribution in [0.5, 0.6) is 5.75 Å². The van der Waals surface area contributed by atoms with Gasteiger partial charge in [0.05, 0.1) is 12.6 Å². The van der Waals surface area contributed by atoms with Crippen molar-refractivity contribution in [3.63, 3.8) is 0 Å².